The molecule has 0 atom stereocenters. The zero-order chi connectivity index (χ0) is 14.9. The predicted octanol–water partition coefficient (Wildman–Crippen LogP) is 3.48. The number of thiazole rings is 1. The van der Waals surface area contributed by atoms with Gasteiger partial charge in [0, 0.05) is 31.2 Å². The van der Waals surface area contributed by atoms with Crippen LogP contribution in [-0.4, -0.2) is 29.0 Å². The number of aryl methyl sites for hydroxylation is 1. The largest absolute Gasteiger partial charge is 0.433 e. The van der Waals surface area contributed by atoms with Gasteiger partial charge in [-0.2, -0.15) is 13.2 Å². The highest BCUT2D eigenvalue weighted by molar-refractivity contribution is 8.00. The second kappa shape index (κ2) is 5.57. The first kappa shape index (κ1) is 15.0. The molecule has 9 heteroatoms. The van der Waals surface area contributed by atoms with Gasteiger partial charge in [0.2, 0.25) is 0 Å². The Morgan fingerprint density at radius 2 is 1.90 bits per heavy atom. The summed E-state index contributed by atoms with van der Waals surface area (Å²) in [7, 11) is 3.26. The lowest BCUT2D eigenvalue weighted by atomic mass is 10.4. The Morgan fingerprint density at radius 3 is 2.40 bits per heavy atom. The van der Waals surface area contributed by atoms with Gasteiger partial charge in [-0.15, -0.1) is 11.3 Å². The van der Waals surface area contributed by atoms with E-state index in [9.17, 15) is 13.2 Å². The van der Waals surface area contributed by atoms with E-state index in [0.29, 0.717) is 4.34 Å². The summed E-state index contributed by atoms with van der Waals surface area (Å²) in [5.74, 6) is 0.211. The van der Waals surface area contributed by atoms with Crippen LogP contribution in [0.4, 0.5) is 19.0 Å². The highest BCUT2D eigenvalue weighted by atomic mass is 32.2. The number of halogens is 3. The van der Waals surface area contributed by atoms with Crippen molar-refractivity contribution >= 4 is 28.9 Å². The number of alkyl halides is 3. The molecular weight excluding hydrogens is 309 g/mol. The minimum atomic E-state index is -4.50. The van der Waals surface area contributed by atoms with Crippen molar-refractivity contribution in [3.8, 4) is 0 Å². The van der Waals surface area contributed by atoms with E-state index in [1.165, 1.54) is 16.2 Å². The third-order valence-corrected chi connectivity index (χ3v) is 4.14. The number of hydrogen-bond acceptors (Lipinski definition) is 6. The maximum Gasteiger partial charge on any atom is 0.433 e. The Kier molecular flexibility index (Phi) is 4.19. The lowest BCUT2D eigenvalue weighted by Gasteiger charge is -2.14. The van der Waals surface area contributed by atoms with E-state index in [-0.39, 0.29) is 11.0 Å². The standard InChI is InChI=1S/C11H11F3N4S2/c1-6-5-19-10(15-6)20-9-16-7(11(12,13)14)4-8(17-9)18(2)3/h4-5H,1-3H3. The second-order valence-corrected chi connectivity index (χ2v) is 6.22. The van der Waals surface area contributed by atoms with E-state index < -0.39 is 11.9 Å². The SMILES string of the molecule is Cc1csc(Sc2nc(N(C)C)cc(C(F)(F)F)n2)n1. The van der Waals surface area contributed by atoms with E-state index in [0.717, 1.165) is 23.5 Å². The molecular formula is C11H11F3N4S2. The van der Waals surface area contributed by atoms with Crippen LogP contribution < -0.4 is 4.90 Å². The predicted molar refractivity (Wildman–Crippen MR) is 72.3 cm³/mol. The maximum atomic E-state index is 12.8. The number of nitrogens with zero attached hydrogens (tertiary/aromatic N) is 4. The van der Waals surface area contributed by atoms with Gasteiger partial charge in [0.15, 0.2) is 15.2 Å². The summed E-state index contributed by atoms with van der Waals surface area (Å²) >= 11 is 2.38. The van der Waals surface area contributed by atoms with Crippen molar-refractivity contribution in [2.45, 2.75) is 22.6 Å². The van der Waals surface area contributed by atoms with Gasteiger partial charge in [-0.25, -0.2) is 15.0 Å². The summed E-state index contributed by atoms with van der Waals surface area (Å²) in [6.07, 6.45) is -4.50. The van der Waals surface area contributed by atoms with E-state index in [1.54, 1.807) is 14.1 Å². The molecule has 0 aliphatic rings. The number of aromatic nitrogens is 3. The van der Waals surface area contributed by atoms with Crippen LogP contribution in [0.25, 0.3) is 0 Å². The summed E-state index contributed by atoms with van der Waals surface area (Å²) < 4.78 is 39.1. The van der Waals surface area contributed by atoms with Crippen LogP contribution in [0.1, 0.15) is 11.4 Å². The molecule has 2 heterocycles. The highest BCUT2D eigenvalue weighted by Crippen LogP contribution is 2.33. The minimum Gasteiger partial charge on any atom is -0.363 e. The van der Waals surface area contributed by atoms with Crippen LogP contribution in [0.2, 0.25) is 0 Å². The zero-order valence-corrected chi connectivity index (χ0v) is 12.5. The summed E-state index contributed by atoms with van der Waals surface area (Å²) in [6.45, 7) is 1.82. The molecule has 2 aromatic rings. The molecule has 0 spiro atoms. The molecule has 2 rings (SSSR count). The summed E-state index contributed by atoms with van der Waals surface area (Å²) in [5.41, 5.74) is -0.135. The van der Waals surface area contributed by atoms with Gasteiger partial charge >= 0.3 is 6.18 Å². The topological polar surface area (TPSA) is 41.9 Å². The fourth-order valence-corrected chi connectivity index (χ4v) is 3.00. The molecule has 20 heavy (non-hydrogen) atoms. The Balaban J connectivity index is 2.39. The van der Waals surface area contributed by atoms with E-state index >= 15 is 0 Å². The monoisotopic (exact) mass is 320 g/mol. The first-order chi connectivity index (χ1) is 9.25. The molecule has 0 saturated heterocycles. The van der Waals surface area contributed by atoms with Gasteiger partial charge in [-0.05, 0) is 18.7 Å². The number of rotatable bonds is 3. The van der Waals surface area contributed by atoms with Crippen LogP contribution in [0.15, 0.2) is 20.9 Å². The van der Waals surface area contributed by atoms with Crippen molar-refractivity contribution in [3.05, 3.63) is 22.8 Å². The number of hydrogen-bond donors (Lipinski definition) is 0. The smallest absolute Gasteiger partial charge is 0.363 e. The lowest BCUT2D eigenvalue weighted by molar-refractivity contribution is -0.141. The van der Waals surface area contributed by atoms with Crippen LogP contribution in [-0.2, 0) is 6.18 Å². The third kappa shape index (κ3) is 3.60. The first-order valence-corrected chi connectivity index (χ1v) is 7.19. The van der Waals surface area contributed by atoms with E-state index in [4.69, 9.17) is 0 Å². The van der Waals surface area contributed by atoms with Gasteiger partial charge in [-0.3, -0.25) is 0 Å². The molecule has 0 aromatic carbocycles. The van der Waals surface area contributed by atoms with Gasteiger partial charge in [0.25, 0.3) is 0 Å². The van der Waals surface area contributed by atoms with Crippen LogP contribution in [0.3, 0.4) is 0 Å². The molecule has 0 N–H and O–H groups in total. The first-order valence-electron chi connectivity index (χ1n) is 5.49. The molecule has 0 aliphatic heterocycles. The highest BCUT2D eigenvalue weighted by Gasteiger charge is 2.34. The van der Waals surface area contributed by atoms with Crippen LogP contribution in [0, 0.1) is 6.92 Å². The molecule has 0 amide bonds. The Labute approximate surface area is 122 Å². The van der Waals surface area contributed by atoms with Crippen molar-refractivity contribution in [1.82, 2.24) is 15.0 Å². The average Bonchev–Trinajstić information content (AvgIpc) is 2.73. The fraction of sp³-hybridized carbons (Fsp3) is 0.364. The Morgan fingerprint density at radius 1 is 1.20 bits per heavy atom. The average molecular weight is 320 g/mol. The molecule has 0 radical (unpaired) electrons. The van der Waals surface area contributed by atoms with Crippen molar-refractivity contribution in [2.75, 3.05) is 19.0 Å². The summed E-state index contributed by atoms with van der Waals surface area (Å²) in [4.78, 5) is 13.3. The molecule has 0 saturated carbocycles. The van der Waals surface area contributed by atoms with Crippen molar-refractivity contribution in [1.29, 1.82) is 0 Å². The van der Waals surface area contributed by atoms with Crippen LogP contribution >= 0.6 is 23.1 Å². The molecule has 0 unspecified atom stereocenters. The van der Waals surface area contributed by atoms with Gasteiger partial charge in [0.1, 0.15) is 5.82 Å². The van der Waals surface area contributed by atoms with E-state index in [2.05, 4.69) is 15.0 Å². The quantitative estimate of drug-likeness (QED) is 0.810. The Hall–Kier alpha value is -1.35. The Bertz CT molecular complexity index is 610. The van der Waals surface area contributed by atoms with Gasteiger partial charge in [0.05, 0.1) is 0 Å². The van der Waals surface area contributed by atoms with Gasteiger partial charge in [-0.1, -0.05) is 0 Å². The minimum absolute atomic E-state index is 0.0397. The number of anilines is 1. The van der Waals surface area contributed by atoms with Crippen molar-refractivity contribution in [2.24, 2.45) is 0 Å². The molecule has 0 bridgehead atoms. The normalized spacial score (nSPS) is 11.7. The summed E-state index contributed by atoms with van der Waals surface area (Å²) in [6, 6.07) is 0.928. The van der Waals surface area contributed by atoms with Gasteiger partial charge < -0.3 is 4.90 Å². The molecule has 4 nitrogen and oxygen atoms in total. The van der Waals surface area contributed by atoms with Crippen LogP contribution in [0.5, 0.6) is 0 Å². The fourth-order valence-electron chi connectivity index (χ4n) is 1.29. The maximum absolute atomic E-state index is 12.8. The summed E-state index contributed by atoms with van der Waals surface area (Å²) in [5, 5.41) is 1.86. The third-order valence-electron chi connectivity index (χ3n) is 2.22. The zero-order valence-electron chi connectivity index (χ0n) is 10.9. The molecule has 108 valence electrons. The lowest BCUT2D eigenvalue weighted by Crippen LogP contribution is -2.15. The molecule has 0 fully saturated rings. The molecule has 0 aliphatic carbocycles. The van der Waals surface area contributed by atoms with Crippen molar-refractivity contribution < 1.29 is 13.2 Å². The second-order valence-electron chi connectivity index (χ2n) is 4.14. The van der Waals surface area contributed by atoms with E-state index in [1.807, 2.05) is 12.3 Å². The molecule has 2 aromatic heterocycles. The van der Waals surface area contributed by atoms with Crippen molar-refractivity contribution in [3.63, 3.8) is 0 Å².